The van der Waals surface area contributed by atoms with E-state index < -0.39 is 0 Å². The summed E-state index contributed by atoms with van der Waals surface area (Å²) in [7, 11) is 1.73. The van der Waals surface area contributed by atoms with Crippen LogP contribution < -0.4 is 5.73 Å². The van der Waals surface area contributed by atoms with Gasteiger partial charge in [0, 0.05) is 20.3 Å². The lowest BCUT2D eigenvalue weighted by Crippen LogP contribution is -2.24. The third-order valence-electron chi connectivity index (χ3n) is 3.00. The second-order valence-corrected chi connectivity index (χ2v) is 4.74. The number of hydrogen-bond acceptors (Lipinski definition) is 3. The van der Waals surface area contributed by atoms with Crippen molar-refractivity contribution in [1.29, 1.82) is 0 Å². The van der Waals surface area contributed by atoms with Gasteiger partial charge in [-0.1, -0.05) is 24.3 Å². The van der Waals surface area contributed by atoms with Gasteiger partial charge in [-0.3, -0.25) is 0 Å². The molecule has 0 aliphatic carbocycles. The largest absolute Gasteiger partial charge is 0.379 e. The summed E-state index contributed by atoms with van der Waals surface area (Å²) in [6.07, 6.45) is 0.883. The maximum atomic E-state index is 5.67. The molecule has 0 heterocycles. The highest BCUT2D eigenvalue weighted by atomic mass is 16.5. The predicted octanol–water partition coefficient (Wildman–Crippen LogP) is 2.48. The van der Waals surface area contributed by atoms with E-state index in [4.69, 9.17) is 15.2 Å². The Balaban J connectivity index is 2.36. The van der Waals surface area contributed by atoms with Gasteiger partial charge < -0.3 is 15.2 Å². The fourth-order valence-corrected chi connectivity index (χ4v) is 1.50. The smallest absolute Gasteiger partial charge is 0.0720 e. The average Bonchev–Trinajstić information content (AvgIpc) is 2.35. The zero-order valence-electron chi connectivity index (χ0n) is 11.0. The molecule has 0 aliphatic rings. The molecule has 1 aromatic carbocycles. The van der Waals surface area contributed by atoms with Gasteiger partial charge in [-0.15, -0.1) is 0 Å². The van der Waals surface area contributed by atoms with E-state index in [0.717, 1.165) is 12.0 Å². The number of benzene rings is 1. The lowest BCUT2D eigenvalue weighted by molar-refractivity contribution is -0.0125. The lowest BCUT2D eigenvalue weighted by atomic mass is 10.1. The van der Waals surface area contributed by atoms with Gasteiger partial charge in [0.25, 0.3) is 0 Å². The number of rotatable bonds is 7. The van der Waals surface area contributed by atoms with Gasteiger partial charge in [-0.05, 0) is 31.4 Å². The molecule has 0 unspecified atom stereocenters. The Morgan fingerprint density at radius 3 is 2.41 bits per heavy atom. The van der Waals surface area contributed by atoms with Gasteiger partial charge in [0.1, 0.15) is 0 Å². The Bertz CT molecular complexity index is 337. The van der Waals surface area contributed by atoms with Crippen molar-refractivity contribution in [2.45, 2.75) is 39.0 Å². The van der Waals surface area contributed by atoms with E-state index in [9.17, 15) is 0 Å². The molecular formula is C14H23NO2. The summed E-state index contributed by atoms with van der Waals surface area (Å²) in [5, 5.41) is 0. The van der Waals surface area contributed by atoms with Crippen LogP contribution in [-0.4, -0.2) is 19.3 Å². The highest BCUT2D eigenvalue weighted by Gasteiger charge is 2.15. The second-order valence-electron chi connectivity index (χ2n) is 4.74. The maximum absolute atomic E-state index is 5.67. The lowest BCUT2D eigenvalue weighted by Gasteiger charge is -2.22. The molecule has 1 rings (SSSR count). The summed E-state index contributed by atoms with van der Waals surface area (Å²) in [4.78, 5) is 0. The molecule has 0 spiro atoms. The summed E-state index contributed by atoms with van der Waals surface area (Å²) >= 11 is 0. The first-order chi connectivity index (χ1) is 8.09. The van der Waals surface area contributed by atoms with Crippen molar-refractivity contribution in [1.82, 2.24) is 0 Å². The monoisotopic (exact) mass is 237 g/mol. The third kappa shape index (κ3) is 4.86. The van der Waals surface area contributed by atoms with Crippen LogP contribution in [0.2, 0.25) is 0 Å². The molecule has 3 nitrogen and oxygen atoms in total. The molecule has 0 radical (unpaired) electrons. The van der Waals surface area contributed by atoms with E-state index in [1.165, 1.54) is 5.56 Å². The van der Waals surface area contributed by atoms with Crippen molar-refractivity contribution >= 4 is 0 Å². The SMILES string of the molecule is COC(C)(C)CCOCc1ccccc1CN. The predicted molar refractivity (Wildman–Crippen MR) is 69.7 cm³/mol. The number of methoxy groups -OCH3 is 1. The minimum Gasteiger partial charge on any atom is -0.379 e. The number of ether oxygens (including phenoxy) is 2. The zero-order chi connectivity index (χ0) is 12.7. The average molecular weight is 237 g/mol. The van der Waals surface area contributed by atoms with Gasteiger partial charge in [0.15, 0.2) is 0 Å². The highest BCUT2D eigenvalue weighted by molar-refractivity contribution is 5.26. The molecule has 2 N–H and O–H groups in total. The molecule has 3 heteroatoms. The first-order valence-corrected chi connectivity index (χ1v) is 5.99. The quantitative estimate of drug-likeness (QED) is 0.741. The van der Waals surface area contributed by atoms with Crippen molar-refractivity contribution in [2.75, 3.05) is 13.7 Å². The molecule has 96 valence electrons. The first kappa shape index (κ1) is 14.2. The maximum Gasteiger partial charge on any atom is 0.0720 e. The topological polar surface area (TPSA) is 44.5 Å². The molecular weight excluding hydrogens is 214 g/mol. The van der Waals surface area contributed by atoms with Crippen LogP contribution >= 0.6 is 0 Å². The van der Waals surface area contributed by atoms with Crippen LogP contribution in [0.15, 0.2) is 24.3 Å². The Morgan fingerprint density at radius 2 is 1.82 bits per heavy atom. The van der Waals surface area contributed by atoms with Gasteiger partial charge in [-0.2, -0.15) is 0 Å². The van der Waals surface area contributed by atoms with Gasteiger partial charge in [0.2, 0.25) is 0 Å². The summed E-state index contributed by atoms with van der Waals surface area (Å²) in [6, 6.07) is 8.11. The van der Waals surface area contributed by atoms with Crippen LogP contribution in [0, 0.1) is 0 Å². The molecule has 0 bridgehead atoms. The molecule has 1 aromatic rings. The van der Waals surface area contributed by atoms with Crippen molar-refractivity contribution in [2.24, 2.45) is 5.73 Å². The van der Waals surface area contributed by atoms with E-state index in [1.54, 1.807) is 7.11 Å². The molecule has 0 saturated heterocycles. The minimum absolute atomic E-state index is 0.118. The fraction of sp³-hybridized carbons (Fsp3) is 0.571. The second kappa shape index (κ2) is 6.74. The van der Waals surface area contributed by atoms with Crippen LogP contribution in [0.3, 0.4) is 0 Å². The van der Waals surface area contributed by atoms with Crippen LogP contribution in [0.25, 0.3) is 0 Å². The van der Waals surface area contributed by atoms with Crippen molar-refractivity contribution in [3.8, 4) is 0 Å². The van der Waals surface area contributed by atoms with Gasteiger partial charge in [-0.25, -0.2) is 0 Å². The molecule has 0 atom stereocenters. The first-order valence-electron chi connectivity index (χ1n) is 5.99. The van der Waals surface area contributed by atoms with E-state index >= 15 is 0 Å². The fourth-order valence-electron chi connectivity index (χ4n) is 1.50. The number of nitrogens with two attached hydrogens (primary N) is 1. The Labute approximate surface area is 104 Å². The minimum atomic E-state index is -0.118. The van der Waals surface area contributed by atoms with E-state index in [0.29, 0.717) is 19.8 Å². The van der Waals surface area contributed by atoms with Gasteiger partial charge >= 0.3 is 0 Å². The van der Waals surface area contributed by atoms with Gasteiger partial charge in [0.05, 0.1) is 12.2 Å². The Hall–Kier alpha value is -0.900. The zero-order valence-corrected chi connectivity index (χ0v) is 11.0. The van der Waals surface area contributed by atoms with Crippen LogP contribution in [0.5, 0.6) is 0 Å². The normalized spacial score (nSPS) is 11.8. The van der Waals surface area contributed by atoms with Crippen molar-refractivity contribution in [3.63, 3.8) is 0 Å². The summed E-state index contributed by atoms with van der Waals surface area (Å²) < 4.78 is 11.0. The van der Waals surface area contributed by atoms with Crippen molar-refractivity contribution < 1.29 is 9.47 Å². The van der Waals surface area contributed by atoms with Crippen LogP contribution in [0.1, 0.15) is 31.4 Å². The molecule has 17 heavy (non-hydrogen) atoms. The standard InChI is InChI=1S/C14H23NO2/c1-14(2,16-3)8-9-17-11-13-7-5-4-6-12(13)10-15/h4-7H,8-11,15H2,1-3H3. The number of hydrogen-bond donors (Lipinski definition) is 1. The molecule has 0 amide bonds. The summed E-state index contributed by atoms with van der Waals surface area (Å²) in [5.74, 6) is 0. The van der Waals surface area contributed by atoms with E-state index in [2.05, 4.69) is 19.9 Å². The van der Waals surface area contributed by atoms with E-state index in [1.807, 2.05) is 18.2 Å². The molecule has 0 saturated carbocycles. The van der Waals surface area contributed by atoms with Crippen LogP contribution in [0.4, 0.5) is 0 Å². The molecule has 0 aromatic heterocycles. The van der Waals surface area contributed by atoms with Crippen LogP contribution in [-0.2, 0) is 22.6 Å². The molecule has 0 aliphatic heterocycles. The van der Waals surface area contributed by atoms with E-state index in [-0.39, 0.29) is 5.60 Å². The molecule has 0 fully saturated rings. The summed E-state index contributed by atoms with van der Waals surface area (Å²) in [5.41, 5.74) is 7.88. The Kier molecular flexibility index (Phi) is 5.62. The Morgan fingerprint density at radius 1 is 1.18 bits per heavy atom. The summed E-state index contributed by atoms with van der Waals surface area (Å²) in [6.45, 7) is 5.99. The van der Waals surface area contributed by atoms with Crippen molar-refractivity contribution in [3.05, 3.63) is 35.4 Å². The highest BCUT2D eigenvalue weighted by Crippen LogP contribution is 2.14. The third-order valence-corrected chi connectivity index (χ3v) is 3.00.